The fourth-order valence-corrected chi connectivity index (χ4v) is 3.98. The lowest BCUT2D eigenvalue weighted by Crippen LogP contribution is -2.35. The maximum absolute atomic E-state index is 12.3. The first-order valence-corrected chi connectivity index (χ1v) is 8.62. The van der Waals surface area contributed by atoms with Gasteiger partial charge in [0.15, 0.2) is 0 Å². The molecule has 1 heterocycles. The minimum absolute atomic E-state index is 0.0843. The molecule has 0 radical (unpaired) electrons. The Labute approximate surface area is 139 Å². The molecule has 2 rings (SSSR count). The van der Waals surface area contributed by atoms with Crippen molar-refractivity contribution in [3.8, 4) is 0 Å². The number of carboxylic acid groups (broad SMARTS) is 1. The topological polar surface area (TPSA) is 95.5 Å². The third-order valence-electron chi connectivity index (χ3n) is 3.84. The third-order valence-corrected chi connectivity index (χ3v) is 5.09. The molecule has 23 heavy (non-hydrogen) atoms. The molecule has 1 saturated heterocycles. The summed E-state index contributed by atoms with van der Waals surface area (Å²) >= 11 is 1.55. The van der Waals surface area contributed by atoms with Gasteiger partial charge in [-0.3, -0.25) is 14.4 Å². The van der Waals surface area contributed by atoms with Gasteiger partial charge in [-0.05, 0) is 31.2 Å². The number of hydrogen-bond donors (Lipinski definition) is 3. The first-order chi connectivity index (χ1) is 11.0. The van der Waals surface area contributed by atoms with E-state index in [1.165, 1.54) is 0 Å². The van der Waals surface area contributed by atoms with Crippen molar-refractivity contribution in [2.24, 2.45) is 5.41 Å². The van der Waals surface area contributed by atoms with Gasteiger partial charge < -0.3 is 15.7 Å². The first-order valence-electron chi connectivity index (χ1n) is 7.47. The zero-order valence-electron chi connectivity index (χ0n) is 12.9. The molecule has 1 fully saturated rings. The van der Waals surface area contributed by atoms with Gasteiger partial charge in [-0.2, -0.15) is 11.8 Å². The van der Waals surface area contributed by atoms with E-state index in [1.54, 1.807) is 36.0 Å². The van der Waals surface area contributed by atoms with Crippen LogP contribution in [-0.4, -0.2) is 40.9 Å². The summed E-state index contributed by atoms with van der Waals surface area (Å²) in [5.41, 5.74) is -0.238. The number of hydrogen-bond acceptors (Lipinski definition) is 4. The van der Waals surface area contributed by atoms with Gasteiger partial charge in [0.2, 0.25) is 5.91 Å². The molecule has 2 amide bonds. The van der Waals surface area contributed by atoms with E-state index in [0.29, 0.717) is 30.0 Å². The van der Waals surface area contributed by atoms with Gasteiger partial charge in [-0.1, -0.05) is 12.1 Å². The summed E-state index contributed by atoms with van der Waals surface area (Å²) in [5, 5.41) is 14.8. The molecule has 0 saturated carbocycles. The van der Waals surface area contributed by atoms with Crippen LogP contribution in [0.4, 0.5) is 5.69 Å². The molecular weight excluding hydrogens is 316 g/mol. The summed E-state index contributed by atoms with van der Waals surface area (Å²) in [7, 11) is 0. The highest BCUT2D eigenvalue weighted by atomic mass is 32.2. The van der Waals surface area contributed by atoms with Crippen molar-refractivity contribution in [3.05, 3.63) is 29.8 Å². The molecule has 1 unspecified atom stereocenters. The smallest absolute Gasteiger partial charge is 0.311 e. The number of aliphatic carboxylic acids is 1. The Morgan fingerprint density at radius 1 is 1.30 bits per heavy atom. The maximum atomic E-state index is 12.3. The predicted octanol–water partition coefficient (Wildman–Crippen LogP) is 1.97. The summed E-state index contributed by atoms with van der Waals surface area (Å²) in [6.07, 6.45) is 0.400. The normalized spacial score (nSPS) is 20.0. The van der Waals surface area contributed by atoms with Gasteiger partial charge in [0.1, 0.15) is 0 Å². The van der Waals surface area contributed by atoms with Gasteiger partial charge in [0.25, 0.3) is 5.91 Å². The van der Waals surface area contributed by atoms with E-state index in [1.807, 2.05) is 6.92 Å². The Morgan fingerprint density at radius 2 is 2.04 bits per heavy atom. The predicted molar refractivity (Wildman–Crippen MR) is 89.7 cm³/mol. The van der Waals surface area contributed by atoms with Crippen LogP contribution in [0.1, 0.15) is 30.1 Å². The van der Waals surface area contributed by atoms with Crippen molar-refractivity contribution in [1.82, 2.24) is 5.32 Å². The van der Waals surface area contributed by atoms with E-state index in [4.69, 9.17) is 0 Å². The lowest BCUT2D eigenvalue weighted by Gasteiger charge is -2.22. The Morgan fingerprint density at radius 3 is 2.65 bits per heavy atom. The quantitative estimate of drug-likeness (QED) is 0.738. The number of thioether (sulfide) groups is 1. The fraction of sp³-hybridized carbons (Fsp3) is 0.438. The number of benzene rings is 1. The largest absolute Gasteiger partial charge is 0.481 e. The molecule has 1 aromatic rings. The van der Waals surface area contributed by atoms with Crippen LogP contribution in [0.25, 0.3) is 0 Å². The molecule has 0 aliphatic carbocycles. The second-order valence-electron chi connectivity index (χ2n) is 5.52. The van der Waals surface area contributed by atoms with Gasteiger partial charge in [0, 0.05) is 18.7 Å². The van der Waals surface area contributed by atoms with E-state index in [2.05, 4.69) is 10.6 Å². The van der Waals surface area contributed by atoms with Crippen LogP contribution in [0.3, 0.4) is 0 Å². The Balaban J connectivity index is 2.11. The average Bonchev–Trinajstić information content (AvgIpc) is 2.97. The number of carbonyl (C=O) groups excluding carboxylic acids is 2. The SMILES string of the molecule is CCNC(=O)c1ccccc1NC(=O)CC1(C(=O)O)CCSC1. The number of rotatable bonds is 6. The van der Waals surface area contributed by atoms with Crippen LogP contribution in [-0.2, 0) is 9.59 Å². The number of para-hydroxylation sites is 1. The van der Waals surface area contributed by atoms with Crippen LogP contribution in [0.15, 0.2) is 24.3 Å². The Hall–Kier alpha value is -2.02. The maximum Gasteiger partial charge on any atom is 0.311 e. The van der Waals surface area contributed by atoms with Crippen molar-refractivity contribution in [3.63, 3.8) is 0 Å². The summed E-state index contributed by atoms with van der Waals surface area (Å²) in [6, 6.07) is 6.70. The lowest BCUT2D eigenvalue weighted by atomic mass is 9.84. The molecule has 1 aliphatic rings. The van der Waals surface area contributed by atoms with Crippen LogP contribution >= 0.6 is 11.8 Å². The molecule has 6 nitrogen and oxygen atoms in total. The van der Waals surface area contributed by atoms with Crippen molar-refractivity contribution in [2.75, 3.05) is 23.4 Å². The molecule has 7 heteroatoms. The van der Waals surface area contributed by atoms with Gasteiger partial charge in [-0.15, -0.1) is 0 Å². The molecule has 0 bridgehead atoms. The second-order valence-corrected chi connectivity index (χ2v) is 6.62. The van der Waals surface area contributed by atoms with Crippen molar-refractivity contribution >= 4 is 35.2 Å². The Kier molecular flexibility index (Phi) is 5.65. The zero-order valence-corrected chi connectivity index (χ0v) is 13.7. The number of carbonyl (C=O) groups is 3. The number of anilines is 1. The van der Waals surface area contributed by atoms with Gasteiger partial charge in [-0.25, -0.2) is 0 Å². The zero-order chi connectivity index (χ0) is 16.9. The average molecular weight is 336 g/mol. The first kappa shape index (κ1) is 17.3. The Bertz CT molecular complexity index is 612. The molecule has 0 aromatic heterocycles. The fourth-order valence-electron chi connectivity index (χ4n) is 2.54. The molecule has 1 atom stereocenters. The van der Waals surface area contributed by atoms with Crippen LogP contribution < -0.4 is 10.6 Å². The van der Waals surface area contributed by atoms with Crippen molar-refractivity contribution in [1.29, 1.82) is 0 Å². The van der Waals surface area contributed by atoms with Crippen LogP contribution in [0.2, 0.25) is 0 Å². The summed E-state index contributed by atoms with van der Waals surface area (Å²) in [5.74, 6) is -0.405. The van der Waals surface area contributed by atoms with E-state index < -0.39 is 11.4 Å². The third kappa shape index (κ3) is 4.04. The monoisotopic (exact) mass is 336 g/mol. The van der Waals surface area contributed by atoms with Crippen LogP contribution in [0.5, 0.6) is 0 Å². The number of carboxylic acids is 1. The molecule has 124 valence electrons. The standard InChI is InChI=1S/C16H20N2O4S/c1-2-17-14(20)11-5-3-4-6-12(11)18-13(19)9-16(15(21)22)7-8-23-10-16/h3-6H,2,7-10H2,1H3,(H,17,20)(H,18,19)(H,21,22). The van der Waals surface area contributed by atoms with Gasteiger partial charge in [0.05, 0.1) is 16.7 Å². The molecule has 3 N–H and O–H groups in total. The summed E-state index contributed by atoms with van der Waals surface area (Å²) < 4.78 is 0. The highest BCUT2D eigenvalue weighted by molar-refractivity contribution is 7.99. The van der Waals surface area contributed by atoms with Crippen LogP contribution in [0, 0.1) is 5.41 Å². The second kappa shape index (κ2) is 7.50. The van der Waals surface area contributed by atoms with Crippen molar-refractivity contribution < 1.29 is 19.5 Å². The van der Waals surface area contributed by atoms with E-state index in [9.17, 15) is 19.5 Å². The highest BCUT2D eigenvalue weighted by Gasteiger charge is 2.43. The lowest BCUT2D eigenvalue weighted by molar-refractivity contribution is -0.149. The minimum atomic E-state index is -1.00. The molecule has 1 aromatic carbocycles. The molecular formula is C16H20N2O4S. The van der Waals surface area contributed by atoms with E-state index in [0.717, 1.165) is 5.75 Å². The molecule has 1 aliphatic heterocycles. The van der Waals surface area contributed by atoms with Crippen molar-refractivity contribution in [2.45, 2.75) is 19.8 Å². The van der Waals surface area contributed by atoms with E-state index >= 15 is 0 Å². The van der Waals surface area contributed by atoms with E-state index in [-0.39, 0.29) is 18.2 Å². The number of nitrogens with one attached hydrogen (secondary N) is 2. The summed E-state index contributed by atoms with van der Waals surface area (Å²) in [4.78, 5) is 35.8. The number of amides is 2. The molecule has 0 spiro atoms. The van der Waals surface area contributed by atoms with Gasteiger partial charge >= 0.3 is 5.97 Å². The minimum Gasteiger partial charge on any atom is -0.481 e. The summed E-state index contributed by atoms with van der Waals surface area (Å²) in [6.45, 7) is 2.30. The highest BCUT2D eigenvalue weighted by Crippen LogP contribution is 2.39.